The fraction of sp³-hybridized carbons (Fsp3) is 0.500. The van der Waals surface area contributed by atoms with Crippen molar-refractivity contribution in [2.75, 3.05) is 20.2 Å². The van der Waals surface area contributed by atoms with Crippen molar-refractivity contribution >= 4 is 11.6 Å². The summed E-state index contributed by atoms with van der Waals surface area (Å²) in [6, 6.07) is 6.11. The second kappa shape index (κ2) is 6.74. The van der Waals surface area contributed by atoms with Crippen molar-refractivity contribution in [3.05, 3.63) is 28.8 Å². The molecule has 0 aliphatic carbocycles. The third-order valence-electron chi connectivity index (χ3n) is 2.46. The van der Waals surface area contributed by atoms with Gasteiger partial charge in [0.2, 0.25) is 0 Å². The molecule has 0 heterocycles. The lowest BCUT2D eigenvalue weighted by Crippen LogP contribution is -2.19. The smallest absolute Gasteiger partial charge is 0.137 e. The van der Waals surface area contributed by atoms with Gasteiger partial charge in [-0.15, -0.1) is 0 Å². The summed E-state index contributed by atoms with van der Waals surface area (Å²) in [5.74, 6) is 0.732. The standard InChI is InChI=1S/C12H19ClN2O/c1-3-16-12-5-4-9(8-10(12)13)11(15-2)6-7-14/h4-5,8,11,15H,3,6-7,14H2,1-2H3. The Morgan fingerprint density at radius 2 is 2.25 bits per heavy atom. The molecule has 3 nitrogen and oxygen atoms in total. The van der Waals surface area contributed by atoms with E-state index in [2.05, 4.69) is 5.32 Å². The second-order valence-corrected chi connectivity index (χ2v) is 3.95. The average molecular weight is 243 g/mol. The molecular weight excluding hydrogens is 224 g/mol. The highest BCUT2D eigenvalue weighted by Gasteiger charge is 2.10. The molecule has 0 saturated heterocycles. The molecule has 0 fully saturated rings. The molecule has 0 saturated carbocycles. The first-order chi connectivity index (χ1) is 7.72. The molecule has 3 N–H and O–H groups in total. The van der Waals surface area contributed by atoms with Gasteiger partial charge in [0.15, 0.2) is 0 Å². The lowest BCUT2D eigenvalue weighted by molar-refractivity contribution is 0.340. The number of hydrogen-bond acceptors (Lipinski definition) is 3. The monoisotopic (exact) mass is 242 g/mol. The van der Waals surface area contributed by atoms with E-state index in [1.165, 1.54) is 0 Å². The minimum atomic E-state index is 0.248. The van der Waals surface area contributed by atoms with Crippen LogP contribution in [0.15, 0.2) is 18.2 Å². The summed E-state index contributed by atoms with van der Waals surface area (Å²) in [7, 11) is 1.92. The first-order valence-corrected chi connectivity index (χ1v) is 5.90. The van der Waals surface area contributed by atoms with Crippen LogP contribution < -0.4 is 15.8 Å². The molecule has 4 heteroatoms. The Morgan fingerprint density at radius 3 is 2.75 bits per heavy atom. The minimum Gasteiger partial charge on any atom is -0.492 e. The van der Waals surface area contributed by atoms with E-state index in [-0.39, 0.29) is 6.04 Å². The Hall–Kier alpha value is -0.770. The van der Waals surface area contributed by atoms with E-state index in [4.69, 9.17) is 22.1 Å². The zero-order valence-electron chi connectivity index (χ0n) is 9.79. The third kappa shape index (κ3) is 3.37. The largest absolute Gasteiger partial charge is 0.492 e. The zero-order chi connectivity index (χ0) is 12.0. The maximum Gasteiger partial charge on any atom is 0.137 e. The van der Waals surface area contributed by atoms with Crippen LogP contribution in [0.5, 0.6) is 5.75 Å². The summed E-state index contributed by atoms with van der Waals surface area (Å²) >= 11 is 6.13. The highest BCUT2D eigenvalue weighted by Crippen LogP contribution is 2.28. The van der Waals surface area contributed by atoms with Gasteiger partial charge in [0, 0.05) is 6.04 Å². The van der Waals surface area contributed by atoms with Crippen molar-refractivity contribution in [2.24, 2.45) is 5.73 Å². The van der Waals surface area contributed by atoms with Crippen molar-refractivity contribution in [1.29, 1.82) is 0 Å². The Bertz CT molecular complexity index is 331. The number of nitrogens with two attached hydrogens (primary N) is 1. The molecule has 0 aliphatic rings. The zero-order valence-corrected chi connectivity index (χ0v) is 10.6. The van der Waals surface area contributed by atoms with Gasteiger partial charge in [0.1, 0.15) is 5.75 Å². The molecule has 0 aromatic heterocycles. The molecule has 1 aromatic rings. The van der Waals surface area contributed by atoms with Crippen molar-refractivity contribution in [2.45, 2.75) is 19.4 Å². The lowest BCUT2D eigenvalue weighted by Gasteiger charge is -2.16. The van der Waals surface area contributed by atoms with Crippen molar-refractivity contribution in [3.63, 3.8) is 0 Å². The highest BCUT2D eigenvalue weighted by molar-refractivity contribution is 6.32. The van der Waals surface area contributed by atoms with Gasteiger partial charge in [-0.25, -0.2) is 0 Å². The summed E-state index contributed by atoms with van der Waals surface area (Å²) in [5, 5.41) is 3.87. The number of rotatable bonds is 6. The molecule has 0 radical (unpaired) electrons. The number of ether oxygens (including phenoxy) is 1. The van der Waals surface area contributed by atoms with Crippen molar-refractivity contribution in [3.8, 4) is 5.75 Å². The molecule has 0 bridgehead atoms. The summed E-state index contributed by atoms with van der Waals surface area (Å²) in [5.41, 5.74) is 6.70. The van der Waals surface area contributed by atoms with Crippen LogP contribution in [0.25, 0.3) is 0 Å². The fourth-order valence-electron chi connectivity index (χ4n) is 1.65. The number of halogens is 1. The van der Waals surface area contributed by atoms with Crippen LogP contribution in [0.4, 0.5) is 0 Å². The predicted molar refractivity (Wildman–Crippen MR) is 68.1 cm³/mol. The molecule has 90 valence electrons. The fourth-order valence-corrected chi connectivity index (χ4v) is 1.89. The molecule has 1 atom stereocenters. The van der Waals surface area contributed by atoms with E-state index >= 15 is 0 Å². The summed E-state index contributed by atoms with van der Waals surface area (Å²) in [4.78, 5) is 0. The average Bonchev–Trinajstić information content (AvgIpc) is 2.29. The van der Waals surface area contributed by atoms with Gasteiger partial charge in [-0.1, -0.05) is 17.7 Å². The molecule has 0 spiro atoms. The normalized spacial score (nSPS) is 12.5. The van der Waals surface area contributed by atoms with Crippen LogP contribution >= 0.6 is 11.6 Å². The molecule has 16 heavy (non-hydrogen) atoms. The van der Waals surface area contributed by atoms with Crippen molar-refractivity contribution < 1.29 is 4.74 Å². The molecule has 1 unspecified atom stereocenters. The molecule has 0 amide bonds. The van der Waals surface area contributed by atoms with Crippen molar-refractivity contribution in [1.82, 2.24) is 5.32 Å². The third-order valence-corrected chi connectivity index (χ3v) is 2.76. The highest BCUT2D eigenvalue weighted by atomic mass is 35.5. The Morgan fingerprint density at radius 1 is 1.50 bits per heavy atom. The maximum absolute atomic E-state index is 6.13. The van der Waals surface area contributed by atoms with E-state index in [9.17, 15) is 0 Å². The van der Waals surface area contributed by atoms with E-state index in [0.29, 0.717) is 18.2 Å². The van der Waals surface area contributed by atoms with Gasteiger partial charge in [-0.3, -0.25) is 0 Å². The van der Waals surface area contributed by atoms with Gasteiger partial charge in [0.05, 0.1) is 11.6 Å². The van der Waals surface area contributed by atoms with E-state index in [1.54, 1.807) is 0 Å². The number of nitrogens with one attached hydrogen (secondary N) is 1. The first kappa shape index (κ1) is 13.3. The maximum atomic E-state index is 6.13. The van der Waals surface area contributed by atoms with E-state index in [0.717, 1.165) is 17.7 Å². The SMILES string of the molecule is CCOc1ccc(C(CCN)NC)cc1Cl. The number of benzene rings is 1. The van der Waals surface area contributed by atoms with E-state index in [1.807, 2.05) is 32.2 Å². The molecule has 1 rings (SSSR count). The summed E-state index contributed by atoms with van der Waals surface area (Å²) in [6.07, 6.45) is 0.890. The van der Waals surface area contributed by atoms with E-state index < -0.39 is 0 Å². The van der Waals surface area contributed by atoms with Gasteiger partial charge >= 0.3 is 0 Å². The minimum absolute atomic E-state index is 0.248. The van der Waals surface area contributed by atoms with Crippen LogP contribution in [0.1, 0.15) is 24.9 Å². The molecular formula is C12H19ClN2O. The predicted octanol–water partition coefficient (Wildman–Crippen LogP) is 2.35. The van der Waals surface area contributed by atoms with Crippen LogP contribution in [-0.4, -0.2) is 20.2 Å². The van der Waals surface area contributed by atoms with Crippen LogP contribution in [-0.2, 0) is 0 Å². The molecule has 1 aromatic carbocycles. The van der Waals surface area contributed by atoms with Gasteiger partial charge < -0.3 is 15.8 Å². The number of hydrogen-bond donors (Lipinski definition) is 2. The van der Waals surface area contributed by atoms with Gasteiger partial charge in [-0.05, 0) is 44.6 Å². The summed E-state index contributed by atoms with van der Waals surface area (Å²) in [6.45, 7) is 3.21. The second-order valence-electron chi connectivity index (χ2n) is 3.54. The Kier molecular flexibility index (Phi) is 5.60. The van der Waals surface area contributed by atoms with Gasteiger partial charge in [-0.2, -0.15) is 0 Å². The summed E-state index contributed by atoms with van der Waals surface area (Å²) < 4.78 is 5.39. The topological polar surface area (TPSA) is 47.3 Å². The molecule has 0 aliphatic heterocycles. The first-order valence-electron chi connectivity index (χ1n) is 5.52. The van der Waals surface area contributed by atoms with Crippen LogP contribution in [0.2, 0.25) is 5.02 Å². The van der Waals surface area contributed by atoms with Crippen LogP contribution in [0, 0.1) is 0 Å². The Balaban J connectivity index is 2.85. The van der Waals surface area contributed by atoms with Gasteiger partial charge in [0.25, 0.3) is 0 Å². The Labute approximate surface area is 102 Å². The quantitative estimate of drug-likeness (QED) is 0.805. The lowest BCUT2D eigenvalue weighted by atomic mass is 10.0. The van der Waals surface area contributed by atoms with Crippen LogP contribution in [0.3, 0.4) is 0 Å².